The molecule has 0 saturated heterocycles. The summed E-state index contributed by atoms with van der Waals surface area (Å²) in [5, 5.41) is 8.66. The highest BCUT2D eigenvalue weighted by Crippen LogP contribution is 2.07. The topological polar surface area (TPSA) is 102 Å². The van der Waals surface area contributed by atoms with Crippen LogP contribution in [0.5, 0.6) is 0 Å². The van der Waals surface area contributed by atoms with E-state index < -0.39 is 12.0 Å². The van der Waals surface area contributed by atoms with E-state index in [4.69, 9.17) is 16.6 Å². The van der Waals surface area contributed by atoms with Crippen LogP contribution in [0.25, 0.3) is 0 Å². The van der Waals surface area contributed by atoms with Crippen molar-refractivity contribution in [3.63, 3.8) is 0 Å². The molecule has 1 heterocycles. The second-order valence-corrected chi connectivity index (χ2v) is 2.62. The van der Waals surface area contributed by atoms with E-state index in [1.807, 2.05) is 0 Å². The molecule has 5 N–H and O–H groups in total. The van der Waals surface area contributed by atoms with Crippen LogP contribution in [0, 0.1) is 0 Å². The molecule has 5 nitrogen and oxygen atoms in total. The third kappa shape index (κ3) is 2.24. The molecular formula is C8H11N3O2. The molecule has 0 spiro atoms. The quantitative estimate of drug-likeness (QED) is 0.596. The lowest BCUT2D eigenvalue weighted by Crippen LogP contribution is -2.22. The van der Waals surface area contributed by atoms with Gasteiger partial charge in [0.15, 0.2) is 0 Å². The predicted octanol–water partition coefficient (Wildman–Crippen LogP) is -0.262. The third-order valence-electron chi connectivity index (χ3n) is 1.66. The lowest BCUT2D eigenvalue weighted by atomic mass is 10.1. The van der Waals surface area contributed by atoms with Gasteiger partial charge in [-0.05, 0) is 12.1 Å². The SMILES string of the molecule is NC[C@@H](N)c1cc(C(=O)O)ccn1. The molecule has 1 atom stereocenters. The summed E-state index contributed by atoms with van der Waals surface area (Å²) in [5.74, 6) is -0.993. The summed E-state index contributed by atoms with van der Waals surface area (Å²) in [6, 6.07) is 2.44. The first-order valence-corrected chi connectivity index (χ1v) is 3.80. The van der Waals surface area contributed by atoms with E-state index in [1.165, 1.54) is 18.3 Å². The number of carboxylic acid groups (broad SMARTS) is 1. The minimum atomic E-state index is -0.993. The maximum atomic E-state index is 10.6. The van der Waals surface area contributed by atoms with Crippen molar-refractivity contribution in [3.05, 3.63) is 29.6 Å². The number of hydrogen-bond donors (Lipinski definition) is 3. The minimum absolute atomic E-state index is 0.175. The Labute approximate surface area is 75.4 Å². The van der Waals surface area contributed by atoms with Crippen molar-refractivity contribution in [2.75, 3.05) is 6.54 Å². The van der Waals surface area contributed by atoms with Gasteiger partial charge in [0, 0.05) is 12.7 Å². The van der Waals surface area contributed by atoms with Gasteiger partial charge in [-0.1, -0.05) is 0 Å². The molecule has 70 valence electrons. The summed E-state index contributed by atoms with van der Waals surface area (Å²) >= 11 is 0. The first-order chi connectivity index (χ1) is 6.15. The van der Waals surface area contributed by atoms with E-state index in [0.29, 0.717) is 5.69 Å². The van der Waals surface area contributed by atoms with Gasteiger partial charge >= 0.3 is 5.97 Å². The predicted molar refractivity (Wildman–Crippen MR) is 47.2 cm³/mol. The van der Waals surface area contributed by atoms with Crippen LogP contribution < -0.4 is 11.5 Å². The lowest BCUT2D eigenvalue weighted by Gasteiger charge is -2.07. The van der Waals surface area contributed by atoms with Gasteiger partial charge in [0.1, 0.15) is 0 Å². The fourth-order valence-electron chi connectivity index (χ4n) is 0.905. The number of hydrogen-bond acceptors (Lipinski definition) is 4. The van der Waals surface area contributed by atoms with Crippen LogP contribution in [-0.4, -0.2) is 22.6 Å². The Hall–Kier alpha value is -1.46. The number of rotatable bonds is 3. The molecule has 0 radical (unpaired) electrons. The maximum Gasteiger partial charge on any atom is 0.335 e. The molecule has 0 unspecified atom stereocenters. The van der Waals surface area contributed by atoms with Crippen LogP contribution in [0.1, 0.15) is 22.1 Å². The Morgan fingerprint density at radius 3 is 2.92 bits per heavy atom. The van der Waals surface area contributed by atoms with Crippen LogP contribution in [0.15, 0.2) is 18.3 Å². The second kappa shape index (κ2) is 3.97. The number of aromatic carboxylic acids is 1. The van der Waals surface area contributed by atoms with Crippen LogP contribution in [0.2, 0.25) is 0 Å². The Kier molecular flexibility index (Phi) is 2.94. The van der Waals surface area contributed by atoms with Gasteiger partial charge in [0.2, 0.25) is 0 Å². The normalized spacial score (nSPS) is 12.5. The Morgan fingerprint density at radius 1 is 1.69 bits per heavy atom. The van der Waals surface area contributed by atoms with Crippen molar-refractivity contribution in [1.29, 1.82) is 0 Å². The smallest absolute Gasteiger partial charge is 0.335 e. The van der Waals surface area contributed by atoms with Gasteiger partial charge in [-0.3, -0.25) is 4.98 Å². The fraction of sp³-hybridized carbons (Fsp3) is 0.250. The molecule has 1 rings (SSSR count). The van der Waals surface area contributed by atoms with Gasteiger partial charge < -0.3 is 16.6 Å². The molecule has 0 aromatic carbocycles. The summed E-state index contributed by atoms with van der Waals surface area (Å²) in [7, 11) is 0. The number of pyridine rings is 1. The van der Waals surface area contributed by atoms with Crippen LogP contribution >= 0.6 is 0 Å². The highest BCUT2D eigenvalue weighted by molar-refractivity contribution is 5.87. The standard InChI is InChI=1S/C8H11N3O2/c9-4-6(10)7-3-5(8(12)13)1-2-11-7/h1-3,6H,4,9-10H2,(H,12,13)/t6-/m1/s1. The van der Waals surface area contributed by atoms with E-state index in [0.717, 1.165) is 0 Å². The summed E-state index contributed by atoms with van der Waals surface area (Å²) < 4.78 is 0. The summed E-state index contributed by atoms with van der Waals surface area (Å²) in [6.07, 6.45) is 1.41. The summed E-state index contributed by atoms with van der Waals surface area (Å²) in [4.78, 5) is 14.5. The summed E-state index contributed by atoms with van der Waals surface area (Å²) in [5.41, 5.74) is 11.6. The van der Waals surface area contributed by atoms with E-state index in [2.05, 4.69) is 4.98 Å². The molecule has 1 aromatic heterocycles. The zero-order valence-electron chi connectivity index (χ0n) is 6.97. The van der Waals surface area contributed by atoms with Gasteiger partial charge in [-0.15, -0.1) is 0 Å². The second-order valence-electron chi connectivity index (χ2n) is 2.62. The van der Waals surface area contributed by atoms with Gasteiger partial charge in [0.25, 0.3) is 0 Å². The molecule has 1 aromatic rings. The van der Waals surface area contributed by atoms with Gasteiger partial charge in [-0.2, -0.15) is 0 Å². The largest absolute Gasteiger partial charge is 0.478 e. The number of carboxylic acids is 1. The van der Waals surface area contributed by atoms with Crippen molar-refractivity contribution in [3.8, 4) is 0 Å². The third-order valence-corrected chi connectivity index (χ3v) is 1.66. The number of nitrogens with two attached hydrogens (primary N) is 2. The molecule has 5 heteroatoms. The van der Waals surface area contributed by atoms with Crippen molar-refractivity contribution in [1.82, 2.24) is 4.98 Å². The highest BCUT2D eigenvalue weighted by atomic mass is 16.4. The van der Waals surface area contributed by atoms with Crippen LogP contribution in [0.4, 0.5) is 0 Å². The van der Waals surface area contributed by atoms with E-state index in [1.54, 1.807) is 0 Å². The monoisotopic (exact) mass is 181 g/mol. The highest BCUT2D eigenvalue weighted by Gasteiger charge is 2.08. The molecule has 0 bridgehead atoms. The molecule has 0 aliphatic carbocycles. The molecule has 0 aliphatic rings. The number of carbonyl (C=O) groups is 1. The van der Waals surface area contributed by atoms with Crippen molar-refractivity contribution in [2.24, 2.45) is 11.5 Å². The van der Waals surface area contributed by atoms with Crippen LogP contribution in [-0.2, 0) is 0 Å². The van der Waals surface area contributed by atoms with Crippen molar-refractivity contribution < 1.29 is 9.90 Å². The average Bonchev–Trinajstić information content (AvgIpc) is 2.17. The Balaban J connectivity index is 2.98. The average molecular weight is 181 g/mol. The molecule has 0 aliphatic heterocycles. The molecule has 0 saturated carbocycles. The number of nitrogens with zero attached hydrogens (tertiary/aromatic N) is 1. The zero-order valence-corrected chi connectivity index (χ0v) is 6.97. The Morgan fingerprint density at radius 2 is 2.38 bits per heavy atom. The summed E-state index contributed by atoms with van der Waals surface area (Å²) in [6.45, 7) is 0.246. The van der Waals surface area contributed by atoms with Crippen molar-refractivity contribution >= 4 is 5.97 Å². The molecule has 13 heavy (non-hydrogen) atoms. The molecule has 0 fully saturated rings. The zero-order chi connectivity index (χ0) is 9.84. The Bertz CT molecular complexity index is 314. The maximum absolute atomic E-state index is 10.6. The van der Waals surface area contributed by atoms with E-state index in [-0.39, 0.29) is 12.1 Å². The van der Waals surface area contributed by atoms with Gasteiger partial charge in [0.05, 0.1) is 17.3 Å². The van der Waals surface area contributed by atoms with Crippen molar-refractivity contribution in [2.45, 2.75) is 6.04 Å². The first kappa shape index (κ1) is 9.63. The van der Waals surface area contributed by atoms with E-state index >= 15 is 0 Å². The minimum Gasteiger partial charge on any atom is -0.478 e. The molecule has 0 amide bonds. The fourth-order valence-corrected chi connectivity index (χ4v) is 0.905. The van der Waals surface area contributed by atoms with Crippen LogP contribution in [0.3, 0.4) is 0 Å². The molecular weight excluding hydrogens is 170 g/mol. The first-order valence-electron chi connectivity index (χ1n) is 3.80. The number of aromatic nitrogens is 1. The lowest BCUT2D eigenvalue weighted by molar-refractivity contribution is 0.0696. The van der Waals surface area contributed by atoms with E-state index in [9.17, 15) is 4.79 Å². The van der Waals surface area contributed by atoms with Gasteiger partial charge in [-0.25, -0.2) is 4.79 Å².